The first-order valence-corrected chi connectivity index (χ1v) is 8.53. The number of aliphatic carboxylic acids is 1. The highest BCUT2D eigenvalue weighted by atomic mass is 32.2. The molecule has 7 heteroatoms. The molecule has 0 amide bonds. The molecule has 1 atom stereocenters. The van der Waals surface area contributed by atoms with Crippen LogP contribution in [0.1, 0.15) is 19.3 Å². The van der Waals surface area contributed by atoms with E-state index in [1.807, 2.05) is 0 Å². The van der Waals surface area contributed by atoms with Gasteiger partial charge < -0.3 is 10.2 Å². The first-order valence-electron chi connectivity index (χ1n) is 5.55. The van der Waals surface area contributed by atoms with Crippen LogP contribution in [0.4, 0.5) is 0 Å². The topological polar surface area (TPSA) is 91.7 Å². The van der Waals surface area contributed by atoms with E-state index in [9.17, 15) is 23.4 Å². The second kappa shape index (κ2) is 4.13. The summed E-state index contributed by atoms with van der Waals surface area (Å²) in [4.78, 5) is 11.5. The van der Waals surface area contributed by atoms with Gasteiger partial charge in [-0.1, -0.05) is 0 Å². The van der Waals surface area contributed by atoms with Crippen LogP contribution in [-0.4, -0.2) is 53.2 Å². The third kappa shape index (κ3) is 2.08. The Kier molecular flexibility index (Phi) is 3.20. The standard InChI is InChI=1S/C10H16O5S2/c11-8(12)9(1-4-16-5-2-9)10(13)3-6-17(14,15)7-10/h13H,1-7H2,(H,11,12). The van der Waals surface area contributed by atoms with Crippen LogP contribution in [0, 0.1) is 5.41 Å². The normalized spacial score (nSPS) is 35.6. The predicted molar refractivity (Wildman–Crippen MR) is 64.8 cm³/mol. The van der Waals surface area contributed by atoms with E-state index in [0.717, 1.165) is 0 Å². The number of carboxylic acids is 1. The molecule has 2 fully saturated rings. The van der Waals surface area contributed by atoms with Gasteiger partial charge in [-0.05, 0) is 30.8 Å². The Labute approximate surface area is 105 Å². The van der Waals surface area contributed by atoms with E-state index in [0.29, 0.717) is 24.3 Å². The molecule has 0 bridgehead atoms. The average molecular weight is 280 g/mol. The minimum Gasteiger partial charge on any atom is -0.481 e. The van der Waals surface area contributed by atoms with Crippen LogP contribution in [0.5, 0.6) is 0 Å². The number of aliphatic hydroxyl groups is 1. The predicted octanol–water partition coefficient (Wildman–Crippen LogP) is 0.134. The van der Waals surface area contributed by atoms with Crippen molar-refractivity contribution in [1.82, 2.24) is 0 Å². The van der Waals surface area contributed by atoms with Crippen molar-refractivity contribution in [2.45, 2.75) is 24.9 Å². The molecule has 5 nitrogen and oxygen atoms in total. The smallest absolute Gasteiger partial charge is 0.312 e. The largest absolute Gasteiger partial charge is 0.481 e. The zero-order valence-corrected chi connectivity index (χ0v) is 11.0. The van der Waals surface area contributed by atoms with Gasteiger partial charge in [0.05, 0.1) is 22.5 Å². The van der Waals surface area contributed by atoms with E-state index in [-0.39, 0.29) is 12.2 Å². The Morgan fingerprint density at radius 2 is 1.76 bits per heavy atom. The Morgan fingerprint density at radius 1 is 1.18 bits per heavy atom. The fourth-order valence-corrected chi connectivity index (χ4v) is 5.94. The van der Waals surface area contributed by atoms with Gasteiger partial charge in [0.1, 0.15) is 0 Å². The molecule has 17 heavy (non-hydrogen) atoms. The van der Waals surface area contributed by atoms with Gasteiger partial charge in [-0.2, -0.15) is 11.8 Å². The maximum absolute atomic E-state index is 11.5. The van der Waals surface area contributed by atoms with Gasteiger partial charge in [0.25, 0.3) is 0 Å². The van der Waals surface area contributed by atoms with Crippen LogP contribution < -0.4 is 0 Å². The highest BCUT2D eigenvalue weighted by molar-refractivity contribution is 7.99. The van der Waals surface area contributed by atoms with Crippen LogP contribution in [0.3, 0.4) is 0 Å². The molecule has 2 aliphatic heterocycles. The lowest BCUT2D eigenvalue weighted by Crippen LogP contribution is -2.56. The molecule has 2 N–H and O–H groups in total. The maximum Gasteiger partial charge on any atom is 0.312 e. The van der Waals surface area contributed by atoms with E-state index in [4.69, 9.17) is 0 Å². The zero-order chi connectivity index (χ0) is 12.7. The third-order valence-corrected chi connectivity index (χ3v) is 6.66. The Hall–Kier alpha value is -0.270. The van der Waals surface area contributed by atoms with Crippen LogP contribution in [0.15, 0.2) is 0 Å². The van der Waals surface area contributed by atoms with E-state index >= 15 is 0 Å². The van der Waals surface area contributed by atoms with Crippen molar-refractivity contribution in [3.05, 3.63) is 0 Å². The fourth-order valence-electron chi connectivity index (χ4n) is 2.81. The van der Waals surface area contributed by atoms with Gasteiger partial charge in [-0.25, -0.2) is 8.42 Å². The van der Waals surface area contributed by atoms with Gasteiger partial charge >= 0.3 is 5.97 Å². The zero-order valence-electron chi connectivity index (χ0n) is 9.39. The number of hydrogen-bond acceptors (Lipinski definition) is 5. The number of sulfone groups is 1. The second-order valence-corrected chi connectivity index (χ2v) is 8.28. The molecule has 0 radical (unpaired) electrons. The summed E-state index contributed by atoms with van der Waals surface area (Å²) in [6.07, 6.45) is 0.740. The molecule has 0 aliphatic carbocycles. The van der Waals surface area contributed by atoms with Crippen molar-refractivity contribution in [1.29, 1.82) is 0 Å². The van der Waals surface area contributed by atoms with Crippen LogP contribution in [-0.2, 0) is 14.6 Å². The van der Waals surface area contributed by atoms with Crippen LogP contribution in [0.25, 0.3) is 0 Å². The quantitative estimate of drug-likeness (QED) is 0.747. The third-order valence-electron chi connectivity index (χ3n) is 3.93. The summed E-state index contributed by atoms with van der Waals surface area (Å²) in [6.45, 7) is 0. The van der Waals surface area contributed by atoms with Crippen molar-refractivity contribution >= 4 is 27.6 Å². The molecule has 0 spiro atoms. The van der Waals surface area contributed by atoms with Gasteiger partial charge in [0, 0.05) is 0 Å². The highest BCUT2D eigenvalue weighted by Crippen LogP contribution is 2.48. The van der Waals surface area contributed by atoms with E-state index in [2.05, 4.69) is 0 Å². The average Bonchev–Trinajstić information content (AvgIpc) is 2.55. The lowest BCUT2D eigenvalue weighted by molar-refractivity contribution is -0.167. The molecule has 2 heterocycles. The first kappa shape index (κ1) is 13.2. The van der Waals surface area contributed by atoms with Crippen molar-refractivity contribution in [2.75, 3.05) is 23.0 Å². The molecule has 0 saturated carbocycles. The lowest BCUT2D eigenvalue weighted by atomic mass is 9.67. The molecule has 0 aromatic rings. The van der Waals surface area contributed by atoms with Crippen molar-refractivity contribution in [2.24, 2.45) is 5.41 Å². The van der Waals surface area contributed by atoms with E-state index in [1.165, 1.54) is 0 Å². The molecule has 2 saturated heterocycles. The molecule has 98 valence electrons. The summed E-state index contributed by atoms with van der Waals surface area (Å²) in [7, 11) is -3.30. The number of thioether (sulfide) groups is 1. The van der Waals surface area contributed by atoms with Gasteiger partial charge in [-0.15, -0.1) is 0 Å². The molecule has 2 aliphatic rings. The molecule has 2 rings (SSSR count). The van der Waals surface area contributed by atoms with E-state index < -0.39 is 32.6 Å². The molecule has 0 aromatic carbocycles. The SMILES string of the molecule is O=C(O)C1(C2(O)CCS(=O)(=O)C2)CCSCC1. The van der Waals surface area contributed by atoms with Crippen molar-refractivity contribution < 1.29 is 23.4 Å². The summed E-state index contributed by atoms with van der Waals surface area (Å²) >= 11 is 1.65. The minimum atomic E-state index is -3.30. The molecular weight excluding hydrogens is 264 g/mol. The van der Waals surface area contributed by atoms with Gasteiger partial charge in [0.2, 0.25) is 0 Å². The summed E-state index contributed by atoms with van der Waals surface area (Å²) in [5, 5.41) is 19.9. The maximum atomic E-state index is 11.5. The number of carbonyl (C=O) groups is 1. The Morgan fingerprint density at radius 3 is 2.18 bits per heavy atom. The number of hydrogen-bond donors (Lipinski definition) is 2. The highest BCUT2D eigenvalue weighted by Gasteiger charge is 2.60. The minimum absolute atomic E-state index is 0.0479. The fraction of sp³-hybridized carbons (Fsp3) is 0.900. The molecule has 1 unspecified atom stereocenters. The van der Waals surface area contributed by atoms with Gasteiger partial charge in [-0.3, -0.25) is 4.79 Å². The number of carboxylic acid groups (broad SMARTS) is 1. The second-order valence-electron chi connectivity index (χ2n) is 4.87. The Bertz CT molecular complexity index is 424. The van der Waals surface area contributed by atoms with Crippen molar-refractivity contribution in [3.63, 3.8) is 0 Å². The van der Waals surface area contributed by atoms with Gasteiger partial charge in [0.15, 0.2) is 9.84 Å². The van der Waals surface area contributed by atoms with Crippen LogP contribution >= 0.6 is 11.8 Å². The number of rotatable bonds is 2. The molecular formula is C10H16O5S2. The Balaban J connectivity index is 2.37. The molecule has 0 aromatic heterocycles. The van der Waals surface area contributed by atoms with Crippen LogP contribution in [0.2, 0.25) is 0 Å². The first-order chi connectivity index (χ1) is 7.81. The summed E-state index contributed by atoms with van der Waals surface area (Å²) < 4.78 is 23.0. The monoisotopic (exact) mass is 280 g/mol. The summed E-state index contributed by atoms with van der Waals surface area (Å²) in [5.74, 6) is -0.246. The summed E-state index contributed by atoms with van der Waals surface area (Å²) in [6, 6.07) is 0. The summed E-state index contributed by atoms with van der Waals surface area (Å²) in [5.41, 5.74) is -2.86. The van der Waals surface area contributed by atoms with Crippen molar-refractivity contribution in [3.8, 4) is 0 Å². The van der Waals surface area contributed by atoms with E-state index in [1.54, 1.807) is 11.8 Å². The lowest BCUT2D eigenvalue weighted by Gasteiger charge is -2.43.